The van der Waals surface area contributed by atoms with Gasteiger partial charge in [-0.3, -0.25) is 4.79 Å². The molecule has 3 rings (SSSR count). The van der Waals surface area contributed by atoms with Crippen LogP contribution in [0.3, 0.4) is 0 Å². The monoisotopic (exact) mass is 402 g/mol. The number of amides is 2. The molecule has 29 heavy (non-hydrogen) atoms. The highest BCUT2D eigenvalue weighted by Gasteiger charge is 2.27. The summed E-state index contributed by atoms with van der Waals surface area (Å²) in [7, 11) is 1.78. The van der Waals surface area contributed by atoms with E-state index in [1.54, 1.807) is 18.1 Å². The first-order valence-electron chi connectivity index (χ1n) is 10.7. The average Bonchev–Trinajstić information content (AvgIpc) is 3.21. The maximum atomic E-state index is 12.8. The Hall–Kier alpha value is -2.31. The van der Waals surface area contributed by atoms with E-state index < -0.39 is 5.60 Å². The molecule has 0 radical (unpaired) electrons. The summed E-state index contributed by atoms with van der Waals surface area (Å²) >= 11 is 0. The molecular formula is C22H34N4O3. The van der Waals surface area contributed by atoms with Gasteiger partial charge in [0.15, 0.2) is 0 Å². The summed E-state index contributed by atoms with van der Waals surface area (Å²) < 4.78 is 5.42. The van der Waals surface area contributed by atoms with E-state index in [2.05, 4.69) is 9.88 Å². The number of anilines is 1. The molecule has 7 nitrogen and oxygen atoms in total. The first-order chi connectivity index (χ1) is 13.7. The van der Waals surface area contributed by atoms with Crippen molar-refractivity contribution >= 4 is 17.8 Å². The number of pyridine rings is 1. The Morgan fingerprint density at radius 2 is 1.79 bits per heavy atom. The summed E-state index contributed by atoms with van der Waals surface area (Å²) in [5.41, 5.74) is 0.164. The van der Waals surface area contributed by atoms with Gasteiger partial charge >= 0.3 is 6.09 Å². The Labute approximate surface area is 174 Å². The smallest absolute Gasteiger partial charge is 0.410 e. The summed E-state index contributed by atoms with van der Waals surface area (Å²) in [6.07, 6.45) is 5.61. The molecule has 2 amide bonds. The third kappa shape index (κ3) is 5.84. The van der Waals surface area contributed by atoms with Gasteiger partial charge in [0.2, 0.25) is 0 Å². The third-order valence-corrected chi connectivity index (χ3v) is 5.56. The van der Waals surface area contributed by atoms with Crippen LogP contribution in [0, 0.1) is 5.92 Å². The van der Waals surface area contributed by atoms with Gasteiger partial charge in [-0.1, -0.05) is 0 Å². The number of piperidine rings is 1. The summed E-state index contributed by atoms with van der Waals surface area (Å²) in [6.45, 7) is 9.78. The first kappa shape index (κ1) is 21.4. The molecule has 0 saturated carbocycles. The number of aromatic nitrogens is 1. The van der Waals surface area contributed by atoms with Crippen LogP contribution in [0.5, 0.6) is 0 Å². The fraction of sp³-hybridized carbons (Fsp3) is 0.682. The van der Waals surface area contributed by atoms with Crippen molar-refractivity contribution in [3.05, 3.63) is 23.9 Å². The van der Waals surface area contributed by atoms with Crippen molar-refractivity contribution in [3.63, 3.8) is 0 Å². The van der Waals surface area contributed by atoms with Crippen LogP contribution in [0.25, 0.3) is 0 Å². The lowest BCUT2D eigenvalue weighted by molar-refractivity contribution is 0.0246. The van der Waals surface area contributed by atoms with Gasteiger partial charge in [-0.15, -0.1) is 0 Å². The van der Waals surface area contributed by atoms with Gasteiger partial charge in [-0.05, 0) is 64.5 Å². The molecule has 0 bridgehead atoms. The Morgan fingerprint density at radius 1 is 1.14 bits per heavy atom. The minimum Gasteiger partial charge on any atom is -0.444 e. The van der Waals surface area contributed by atoms with E-state index in [0.717, 1.165) is 31.7 Å². The zero-order chi connectivity index (χ0) is 21.0. The van der Waals surface area contributed by atoms with E-state index in [1.165, 1.54) is 12.8 Å². The fourth-order valence-electron chi connectivity index (χ4n) is 3.95. The van der Waals surface area contributed by atoms with Crippen molar-refractivity contribution in [1.82, 2.24) is 14.8 Å². The second-order valence-corrected chi connectivity index (χ2v) is 9.20. The van der Waals surface area contributed by atoms with Gasteiger partial charge < -0.3 is 19.4 Å². The molecular weight excluding hydrogens is 368 g/mol. The minimum atomic E-state index is -0.487. The Kier molecular flexibility index (Phi) is 6.65. The number of nitrogens with zero attached hydrogens (tertiary/aromatic N) is 4. The van der Waals surface area contributed by atoms with Crippen molar-refractivity contribution in [2.45, 2.75) is 52.1 Å². The second-order valence-electron chi connectivity index (χ2n) is 9.20. The Bertz CT molecular complexity index is 700. The number of rotatable bonds is 4. The molecule has 7 heteroatoms. The molecule has 1 aromatic heterocycles. The van der Waals surface area contributed by atoms with Crippen LogP contribution in [0.2, 0.25) is 0 Å². The fourth-order valence-corrected chi connectivity index (χ4v) is 3.95. The number of ether oxygens (including phenoxy) is 1. The molecule has 0 atom stereocenters. The molecule has 0 N–H and O–H groups in total. The molecule has 3 heterocycles. The molecule has 2 fully saturated rings. The number of hydrogen-bond acceptors (Lipinski definition) is 5. The molecule has 0 aromatic carbocycles. The summed E-state index contributed by atoms with van der Waals surface area (Å²) in [4.78, 5) is 35.3. The van der Waals surface area contributed by atoms with Crippen LogP contribution in [-0.2, 0) is 4.74 Å². The van der Waals surface area contributed by atoms with Gasteiger partial charge in [0.1, 0.15) is 11.4 Å². The van der Waals surface area contributed by atoms with Crippen LogP contribution < -0.4 is 4.90 Å². The van der Waals surface area contributed by atoms with Crippen molar-refractivity contribution in [2.75, 3.05) is 44.7 Å². The van der Waals surface area contributed by atoms with Crippen molar-refractivity contribution in [1.29, 1.82) is 0 Å². The maximum Gasteiger partial charge on any atom is 0.410 e. The molecule has 2 aliphatic heterocycles. The van der Waals surface area contributed by atoms with E-state index in [9.17, 15) is 9.59 Å². The first-order valence-corrected chi connectivity index (χ1v) is 10.7. The van der Waals surface area contributed by atoms with Gasteiger partial charge in [-0.2, -0.15) is 0 Å². The zero-order valence-corrected chi connectivity index (χ0v) is 18.2. The van der Waals surface area contributed by atoms with Gasteiger partial charge in [0, 0.05) is 46.0 Å². The highest BCUT2D eigenvalue weighted by atomic mass is 16.6. The van der Waals surface area contributed by atoms with Gasteiger partial charge in [0.25, 0.3) is 5.91 Å². The van der Waals surface area contributed by atoms with Crippen LogP contribution in [-0.4, -0.2) is 72.2 Å². The molecule has 1 aromatic rings. The number of carbonyl (C=O) groups is 2. The predicted octanol–water partition coefficient (Wildman–Crippen LogP) is 3.40. The predicted molar refractivity (Wildman–Crippen MR) is 113 cm³/mol. The van der Waals surface area contributed by atoms with Gasteiger partial charge in [0.05, 0.1) is 5.56 Å². The summed E-state index contributed by atoms with van der Waals surface area (Å²) in [5, 5.41) is 0. The zero-order valence-electron chi connectivity index (χ0n) is 18.2. The lowest BCUT2D eigenvalue weighted by Crippen LogP contribution is -2.43. The molecule has 2 aliphatic rings. The van der Waals surface area contributed by atoms with Crippen LogP contribution in [0.4, 0.5) is 10.6 Å². The molecule has 0 aliphatic carbocycles. The molecule has 0 unspecified atom stereocenters. The molecule has 160 valence electrons. The van der Waals surface area contributed by atoms with Gasteiger partial charge in [-0.25, -0.2) is 9.78 Å². The van der Waals surface area contributed by atoms with Crippen LogP contribution in [0.15, 0.2) is 18.3 Å². The Balaban J connectivity index is 1.47. The lowest BCUT2D eigenvalue weighted by Gasteiger charge is -2.34. The molecule has 0 spiro atoms. The van der Waals surface area contributed by atoms with Crippen molar-refractivity contribution < 1.29 is 14.3 Å². The summed E-state index contributed by atoms with van der Waals surface area (Å²) in [6, 6.07) is 3.85. The number of likely N-dealkylation sites (tertiary alicyclic amines) is 1. The quantitative estimate of drug-likeness (QED) is 0.772. The number of hydrogen-bond donors (Lipinski definition) is 0. The van der Waals surface area contributed by atoms with E-state index >= 15 is 0 Å². The van der Waals surface area contributed by atoms with E-state index in [0.29, 0.717) is 31.1 Å². The van der Waals surface area contributed by atoms with E-state index in [4.69, 9.17) is 4.74 Å². The summed E-state index contributed by atoms with van der Waals surface area (Å²) in [5.74, 6) is 1.39. The van der Waals surface area contributed by atoms with Crippen molar-refractivity contribution in [3.8, 4) is 0 Å². The third-order valence-electron chi connectivity index (χ3n) is 5.56. The maximum absolute atomic E-state index is 12.8. The number of carbonyl (C=O) groups excluding carboxylic acids is 2. The van der Waals surface area contributed by atoms with E-state index in [-0.39, 0.29) is 12.0 Å². The SMILES string of the molecule is CN(CC1CCN(C(=O)c2ccc(N3CCCC3)nc2)CC1)C(=O)OC(C)(C)C. The Morgan fingerprint density at radius 3 is 2.34 bits per heavy atom. The normalized spacial score (nSPS) is 18.1. The second kappa shape index (κ2) is 9.01. The largest absolute Gasteiger partial charge is 0.444 e. The van der Waals surface area contributed by atoms with Crippen LogP contribution in [0.1, 0.15) is 56.8 Å². The van der Waals surface area contributed by atoms with E-state index in [1.807, 2.05) is 37.8 Å². The lowest BCUT2D eigenvalue weighted by atomic mass is 9.96. The standard InChI is InChI=1S/C22H34N4O3/c1-22(2,3)29-21(28)24(4)16-17-9-13-26(14-10-17)20(27)18-7-8-19(23-15-18)25-11-5-6-12-25/h7-8,15,17H,5-6,9-14,16H2,1-4H3. The highest BCUT2D eigenvalue weighted by Crippen LogP contribution is 2.22. The highest BCUT2D eigenvalue weighted by molar-refractivity contribution is 5.94. The van der Waals surface area contributed by atoms with Crippen LogP contribution >= 0.6 is 0 Å². The minimum absolute atomic E-state index is 0.0458. The molecule has 2 saturated heterocycles. The topological polar surface area (TPSA) is 66.0 Å². The average molecular weight is 403 g/mol. The van der Waals surface area contributed by atoms with Crippen molar-refractivity contribution in [2.24, 2.45) is 5.92 Å².